The summed E-state index contributed by atoms with van der Waals surface area (Å²) in [6, 6.07) is 13.1. The molecule has 0 bridgehead atoms. The van der Waals surface area contributed by atoms with Crippen molar-refractivity contribution in [3.63, 3.8) is 0 Å². The summed E-state index contributed by atoms with van der Waals surface area (Å²) in [4.78, 5) is 13.9. The first-order valence-corrected chi connectivity index (χ1v) is 6.34. The third kappa shape index (κ3) is 4.50. The normalized spacial score (nSPS) is 10.1. The van der Waals surface area contributed by atoms with Gasteiger partial charge < -0.3 is 14.5 Å². The van der Waals surface area contributed by atoms with Gasteiger partial charge in [0.15, 0.2) is 5.75 Å². The summed E-state index contributed by atoms with van der Waals surface area (Å²) in [5.41, 5.74) is -0.192. The average Bonchev–Trinajstić information content (AvgIpc) is 2.45. The monoisotopic (exact) mass is 259 g/mol. The first-order valence-electron chi connectivity index (χ1n) is 6.34. The molecule has 0 aliphatic rings. The highest BCUT2D eigenvalue weighted by atomic mass is 16.5. The molecule has 19 heavy (non-hydrogen) atoms. The van der Waals surface area contributed by atoms with Crippen LogP contribution in [0.2, 0.25) is 0 Å². The van der Waals surface area contributed by atoms with Crippen LogP contribution >= 0.6 is 0 Å². The number of benzene rings is 1. The van der Waals surface area contributed by atoms with Crippen molar-refractivity contribution in [3.8, 4) is 11.5 Å². The molecule has 0 aliphatic heterocycles. The molecule has 0 unspecified atom stereocenters. The molecular formula is C15H17NO3. The second-order valence-electron chi connectivity index (χ2n) is 4.08. The highest BCUT2D eigenvalue weighted by Crippen LogP contribution is 2.09. The Morgan fingerprint density at radius 1 is 0.895 bits per heavy atom. The molecule has 1 heterocycles. The number of aromatic amines is 1. The summed E-state index contributed by atoms with van der Waals surface area (Å²) in [6.45, 7) is 1.17. The summed E-state index contributed by atoms with van der Waals surface area (Å²) < 4.78 is 10.9. The third-order valence-electron chi connectivity index (χ3n) is 2.59. The van der Waals surface area contributed by atoms with Gasteiger partial charge in [-0.3, -0.25) is 4.79 Å². The molecule has 0 saturated heterocycles. The van der Waals surface area contributed by atoms with Gasteiger partial charge in [0.05, 0.1) is 13.2 Å². The molecule has 1 N–H and O–H groups in total. The zero-order valence-electron chi connectivity index (χ0n) is 10.7. The van der Waals surface area contributed by atoms with Crippen LogP contribution in [0.4, 0.5) is 0 Å². The second kappa shape index (κ2) is 7.26. The molecule has 100 valence electrons. The minimum atomic E-state index is -0.192. The van der Waals surface area contributed by atoms with Crippen molar-refractivity contribution < 1.29 is 9.47 Å². The highest BCUT2D eigenvalue weighted by molar-refractivity contribution is 5.20. The third-order valence-corrected chi connectivity index (χ3v) is 2.59. The molecule has 0 fully saturated rings. The van der Waals surface area contributed by atoms with E-state index in [0.717, 1.165) is 18.6 Å². The number of unbranched alkanes of at least 4 members (excludes halogenated alkanes) is 1. The predicted molar refractivity (Wildman–Crippen MR) is 73.7 cm³/mol. The second-order valence-corrected chi connectivity index (χ2v) is 4.08. The lowest BCUT2D eigenvalue weighted by atomic mass is 10.3. The van der Waals surface area contributed by atoms with Crippen molar-refractivity contribution in [2.75, 3.05) is 13.2 Å². The molecule has 4 heteroatoms. The van der Waals surface area contributed by atoms with Gasteiger partial charge in [0.1, 0.15) is 5.75 Å². The van der Waals surface area contributed by atoms with Gasteiger partial charge in [-0.1, -0.05) is 18.2 Å². The Kier molecular flexibility index (Phi) is 5.05. The first kappa shape index (κ1) is 13.2. The lowest BCUT2D eigenvalue weighted by Crippen LogP contribution is -2.11. The van der Waals surface area contributed by atoms with Gasteiger partial charge in [-0.25, -0.2) is 0 Å². The van der Waals surface area contributed by atoms with E-state index in [1.54, 1.807) is 18.3 Å². The van der Waals surface area contributed by atoms with Crippen molar-refractivity contribution in [3.05, 3.63) is 59.0 Å². The lowest BCUT2D eigenvalue weighted by Gasteiger charge is -2.06. The van der Waals surface area contributed by atoms with E-state index in [1.165, 1.54) is 0 Å². The van der Waals surface area contributed by atoms with Crippen LogP contribution < -0.4 is 15.0 Å². The SMILES string of the molecule is O=c1[nH]cccc1OCCCCOc1ccccc1. The number of aromatic nitrogens is 1. The molecule has 2 rings (SSSR count). The van der Waals surface area contributed by atoms with E-state index in [4.69, 9.17) is 9.47 Å². The highest BCUT2D eigenvalue weighted by Gasteiger charge is 1.98. The molecule has 1 aromatic carbocycles. The summed E-state index contributed by atoms with van der Waals surface area (Å²) >= 11 is 0. The van der Waals surface area contributed by atoms with Crippen molar-refractivity contribution >= 4 is 0 Å². The number of H-pyrrole nitrogens is 1. The maximum Gasteiger partial charge on any atom is 0.290 e. The van der Waals surface area contributed by atoms with E-state index in [-0.39, 0.29) is 5.56 Å². The fraction of sp³-hybridized carbons (Fsp3) is 0.267. The van der Waals surface area contributed by atoms with Crippen LogP contribution in [0.25, 0.3) is 0 Å². The number of hydrogen-bond donors (Lipinski definition) is 1. The number of rotatable bonds is 7. The molecule has 0 spiro atoms. The maximum absolute atomic E-state index is 11.3. The van der Waals surface area contributed by atoms with E-state index in [9.17, 15) is 4.79 Å². The maximum atomic E-state index is 11.3. The Balaban J connectivity index is 1.60. The van der Waals surface area contributed by atoms with Crippen molar-refractivity contribution in [2.45, 2.75) is 12.8 Å². The number of ether oxygens (including phenoxy) is 2. The van der Waals surface area contributed by atoms with Gasteiger partial charge in [0.2, 0.25) is 0 Å². The number of hydrogen-bond acceptors (Lipinski definition) is 3. The quantitative estimate of drug-likeness (QED) is 0.778. The van der Waals surface area contributed by atoms with E-state index >= 15 is 0 Å². The zero-order valence-corrected chi connectivity index (χ0v) is 10.7. The topological polar surface area (TPSA) is 51.3 Å². The summed E-state index contributed by atoms with van der Waals surface area (Å²) in [7, 11) is 0. The first-order chi connectivity index (χ1) is 9.36. The lowest BCUT2D eigenvalue weighted by molar-refractivity contribution is 0.264. The average molecular weight is 259 g/mol. The van der Waals surface area contributed by atoms with Crippen LogP contribution in [0, 0.1) is 0 Å². The fourth-order valence-electron chi connectivity index (χ4n) is 1.61. The molecule has 0 radical (unpaired) electrons. The molecular weight excluding hydrogens is 242 g/mol. The van der Waals surface area contributed by atoms with Gasteiger partial charge >= 0.3 is 0 Å². The number of pyridine rings is 1. The van der Waals surface area contributed by atoms with Crippen molar-refractivity contribution in [1.82, 2.24) is 4.98 Å². The minimum absolute atomic E-state index is 0.192. The van der Waals surface area contributed by atoms with E-state index in [1.807, 2.05) is 30.3 Å². The molecule has 2 aromatic rings. The Labute approximate surface area is 112 Å². The standard InChI is InChI=1S/C15H17NO3/c17-15-14(9-6-10-16-15)19-12-5-4-11-18-13-7-2-1-3-8-13/h1-3,6-10H,4-5,11-12H2,(H,16,17). The van der Waals surface area contributed by atoms with Gasteiger partial charge in [-0.2, -0.15) is 0 Å². The molecule has 0 saturated carbocycles. The fourth-order valence-corrected chi connectivity index (χ4v) is 1.61. The van der Waals surface area contributed by atoms with E-state index in [2.05, 4.69) is 4.98 Å². The van der Waals surface area contributed by atoms with Crippen LogP contribution in [-0.4, -0.2) is 18.2 Å². The molecule has 0 atom stereocenters. The van der Waals surface area contributed by atoms with Gasteiger partial charge in [-0.05, 0) is 37.1 Å². The van der Waals surface area contributed by atoms with Crippen molar-refractivity contribution in [2.24, 2.45) is 0 Å². The smallest absolute Gasteiger partial charge is 0.290 e. The number of nitrogens with one attached hydrogen (secondary N) is 1. The minimum Gasteiger partial charge on any atom is -0.494 e. The van der Waals surface area contributed by atoms with Gasteiger partial charge in [0.25, 0.3) is 5.56 Å². The Hall–Kier alpha value is -2.23. The molecule has 0 aliphatic carbocycles. The largest absolute Gasteiger partial charge is 0.494 e. The van der Waals surface area contributed by atoms with Crippen molar-refractivity contribution in [1.29, 1.82) is 0 Å². The summed E-state index contributed by atoms with van der Waals surface area (Å²) in [6.07, 6.45) is 3.32. The van der Waals surface area contributed by atoms with Crippen LogP contribution in [0.5, 0.6) is 11.5 Å². The van der Waals surface area contributed by atoms with Gasteiger partial charge in [-0.15, -0.1) is 0 Å². The van der Waals surface area contributed by atoms with Crippen LogP contribution in [0.3, 0.4) is 0 Å². The van der Waals surface area contributed by atoms with Crippen LogP contribution in [0.1, 0.15) is 12.8 Å². The number of para-hydroxylation sites is 1. The predicted octanol–water partition coefficient (Wildman–Crippen LogP) is 2.61. The summed E-state index contributed by atoms with van der Waals surface area (Å²) in [5, 5.41) is 0. The Morgan fingerprint density at radius 2 is 1.63 bits per heavy atom. The van der Waals surface area contributed by atoms with E-state index < -0.39 is 0 Å². The zero-order chi connectivity index (χ0) is 13.3. The molecule has 0 amide bonds. The van der Waals surface area contributed by atoms with Crippen LogP contribution in [0.15, 0.2) is 53.5 Å². The Morgan fingerprint density at radius 3 is 2.37 bits per heavy atom. The molecule has 4 nitrogen and oxygen atoms in total. The van der Waals surface area contributed by atoms with Gasteiger partial charge in [0, 0.05) is 6.20 Å². The van der Waals surface area contributed by atoms with Crippen LogP contribution in [-0.2, 0) is 0 Å². The summed E-state index contributed by atoms with van der Waals surface area (Å²) in [5.74, 6) is 1.24. The molecule has 1 aromatic heterocycles. The Bertz CT molecular complexity index is 536. The van der Waals surface area contributed by atoms with E-state index in [0.29, 0.717) is 19.0 Å².